The van der Waals surface area contributed by atoms with E-state index in [4.69, 9.17) is 5.11 Å². The molecule has 1 rings (SSSR count). The maximum atomic E-state index is 12.0. The summed E-state index contributed by atoms with van der Waals surface area (Å²) < 4.78 is 12.0. The third-order valence-electron chi connectivity index (χ3n) is 2.21. The molecule has 0 aliphatic carbocycles. The van der Waals surface area contributed by atoms with Crippen molar-refractivity contribution in [1.29, 1.82) is 0 Å². The Kier molecular flexibility index (Phi) is 3.90. The van der Waals surface area contributed by atoms with Gasteiger partial charge in [-0.15, -0.1) is 0 Å². The van der Waals surface area contributed by atoms with Gasteiger partial charge in [0, 0.05) is 18.9 Å². The lowest BCUT2D eigenvalue weighted by Crippen LogP contribution is -1.98. The first-order valence-electron chi connectivity index (χ1n) is 4.53. The van der Waals surface area contributed by atoms with E-state index in [1.165, 1.54) is 0 Å². The van der Waals surface area contributed by atoms with Gasteiger partial charge in [-0.1, -0.05) is 31.2 Å². The van der Waals surface area contributed by atoms with Crippen LogP contribution >= 0.6 is 0 Å². The summed E-state index contributed by atoms with van der Waals surface area (Å²) in [4.78, 5) is 0. The molecule has 0 fully saturated rings. The van der Waals surface area contributed by atoms with Crippen molar-refractivity contribution in [3.8, 4) is 0 Å². The van der Waals surface area contributed by atoms with Crippen molar-refractivity contribution in [2.45, 2.75) is 19.3 Å². The van der Waals surface area contributed by atoms with E-state index in [2.05, 4.69) is 0 Å². The average molecular weight is 182 g/mol. The van der Waals surface area contributed by atoms with Crippen molar-refractivity contribution in [1.82, 2.24) is 0 Å². The highest BCUT2D eigenvalue weighted by atomic mass is 19.1. The molecule has 0 saturated carbocycles. The zero-order valence-corrected chi connectivity index (χ0v) is 7.83. The van der Waals surface area contributed by atoms with Gasteiger partial charge in [-0.25, -0.2) is 0 Å². The molecule has 1 atom stereocenters. The summed E-state index contributed by atoms with van der Waals surface area (Å²) in [6, 6.07) is 7.74. The predicted molar refractivity (Wildman–Crippen MR) is 51.6 cm³/mol. The van der Waals surface area contributed by atoms with Crippen LogP contribution in [0, 0.1) is 0 Å². The molecule has 1 aromatic rings. The van der Waals surface area contributed by atoms with Crippen LogP contribution in [0.4, 0.5) is 4.39 Å². The molecule has 72 valence electrons. The van der Waals surface area contributed by atoms with Crippen molar-refractivity contribution in [3.05, 3.63) is 35.4 Å². The van der Waals surface area contributed by atoms with Gasteiger partial charge < -0.3 is 5.11 Å². The van der Waals surface area contributed by atoms with Crippen LogP contribution in [0.3, 0.4) is 0 Å². The Bertz CT molecular complexity index is 243. The van der Waals surface area contributed by atoms with Crippen molar-refractivity contribution in [3.63, 3.8) is 0 Å². The molecule has 13 heavy (non-hydrogen) atoms. The Morgan fingerprint density at radius 1 is 1.31 bits per heavy atom. The highest BCUT2D eigenvalue weighted by Gasteiger charge is 2.02. The Hall–Kier alpha value is -0.890. The number of halogens is 1. The summed E-state index contributed by atoms with van der Waals surface area (Å²) >= 11 is 0. The fourth-order valence-electron chi connectivity index (χ4n) is 1.23. The number of aliphatic hydroxyl groups excluding tert-OH is 1. The van der Waals surface area contributed by atoms with E-state index in [-0.39, 0.29) is 19.2 Å². The SMILES string of the molecule is CC(CO)c1ccc(CCF)cc1. The predicted octanol–water partition coefficient (Wildman–Crippen LogP) is 2.29. The number of aliphatic hydroxyl groups is 1. The number of hydrogen-bond donors (Lipinski definition) is 1. The van der Waals surface area contributed by atoms with Crippen LogP contribution < -0.4 is 0 Å². The van der Waals surface area contributed by atoms with Gasteiger partial charge in [0.1, 0.15) is 0 Å². The van der Waals surface area contributed by atoms with Crippen LogP contribution in [-0.2, 0) is 6.42 Å². The average Bonchev–Trinajstić information content (AvgIpc) is 2.18. The lowest BCUT2D eigenvalue weighted by atomic mass is 10.0. The Labute approximate surface area is 78.2 Å². The topological polar surface area (TPSA) is 20.2 Å². The van der Waals surface area contributed by atoms with E-state index < -0.39 is 0 Å². The smallest absolute Gasteiger partial charge is 0.0934 e. The van der Waals surface area contributed by atoms with Gasteiger partial charge in [0.05, 0.1) is 6.67 Å². The van der Waals surface area contributed by atoms with Gasteiger partial charge in [-0.3, -0.25) is 4.39 Å². The molecule has 0 aliphatic rings. The molecule has 0 aromatic heterocycles. The molecule has 1 aromatic carbocycles. The zero-order valence-electron chi connectivity index (χ0n) is 7.83. The first-order chi connectivity index (χ1) is 6.27. The molecule has 0 spiro atoms. The monoisotopic (exact) mass is 182 g/mol. The molecule has 0 bridgehead atoms. The Balaban J connectivity index is 2.69. The fraction of sp³-hybridized carbons (Fsp3) is 0.455. The molecule has 2 heteroatoms. The van der Waals surface area contributed by atoms with Crippen molar-refractivity contribution >= 4 is 0 Å². The van der Waals surface area contributed by atoms with Crippen LogP contribution in [0.2, 0.25) is 0 Å². The first-order valence-corrected chi connectivity index (χ1v) is 4.53. The highest BCUT2D eigenvalue weighted by Crippen LogP contribution is 2.15. The maximum absolute atomic E-state index is 12.0. The largest absolute Gasteiger partial charge is 0.396 e. The van der Waals surface area contributed by atoms with Gasteiger partial charge in [0.15, 0.2) is 0 Å². The molecule has 0 saturated heterocycles. The molecule has 0 amide bonds. The first kappa shape index (κ1) is 10.2. The van der Waals surface area contributed by atoms with E-state index in [0.29, 0.717) is 6.42 Å². The van der Waals surface area contributed by atoms with Gasteiger partial charge >= 0.3 is 0 Å². The van der Waals surface area contributed by atoms with Crippen LogP contribution in [-0.4, -0.2) is 18.4 Å². The summed E-state index contributed by atoms with van der Waals surface area (Å²) in [7, 11) is 0. The number of aryl methyl sites for hydroxylation is 1. The third-order valence-corrected chi connectivity index (χ3v) is 2.21. The number of benzene rings is 1. The van der Waals surface area contributed by atoms with Gasteiger partial charge in [-0.2, -0.15) is 0 Å². The zero-order chi connectivity index (χ0) is 9.68. The Morgan fingerprint density at radius 3 is 2.38 bits per heavy atom. The fourth-order valence-corrected chi connectivity index (χ4v) is 1.23. The second-order valence-corrected chi connectivity index (χ2v) is 3.26. The molecule has 0 radical (unpaired) electrons. The van der Waals surface area contributed by atoms with Gasteiger partial charge in [-0.05, 0) is 11.1 Å². The molecular formula is C11H15FO. The summed E-state index contributed by atoms with van der Waals surface area (Å²) in [5.41, 5.74) is 2.11. The summed E-state index contributed by atoms with van der Waals surface area (Å²) in [6.07, 6.45) is 0.480. The van der Waals surface area contributed by atoms with E-state index in [9.17, 15) is 4.39 Å². The highest BCUT2D eigenvalue weighted by molar-refractivity contribution is 5.25. The lowest BCUT2D eigenvalue weighted by Gasteiger charge is -2.08. The van der Waals surface area contributed by atoms with E-state index in [0.717, 1.165) is 11.1 Å². The molecule has 1 unspecified atom stereocenters. The van der Waals surface area contributed by atoms with E-state index >= 15 is 0 Å². The van der Waals surface area contributed by atoms with Crippen molar-refractivity contribution in [2.75, 3.05) is 13.3 Å². The molecule has 0 heterocycles. The van der Waals surface area contributed by atoms with E-state index in [1.807, 2.05) is 31.2 Å². The molecule has 0 aliphatic heterocycles. The van der Waals surface area contributed by atoms with Gasteiger partial charge in [0.25, 0.3) is 0 Å². The number of hydrogen-bond acceptors (Lipinski definition) is 1. The number of alkyl halides is 1. The summed E-state index contributed by atoms with van der Waals surface area (Å²) in [6.45, 7) is 1.81. The van der Waals surface area contributed by atoms with Crippen LogP contribution in [0.15, 0.2) is 24.3 Å². The Morgan fingerprint density at radius 2 is 1.92 bits per heavy atom. The summed E-state index contributed by atoms with van der Waals surface area (Å²) in [5.74, 6) is 0.166. The second-order valence-electron chi connectivity index (χ2n) is 3.26. The standard InChI is InChI=1S/C11H15FO/c1-9(8-13)11-4-2-10(3-5-11)6-7-12/h2-5,9,13H,6-8H2,1H3. The number of rotatable bonds is 4. The lowest BCUT2D eigenvalue weighted by molar-refractivity contribution is 0.273. The molecule has 1 nitrogen and oxygen atoms in total. The maximum Gasteiger partial charge on any atom is 0.0934 e. The second kappa shape index (κ2) is 4.97. The van der Waals surface area contributed by atoms with E-state index in [1.54, 1.807) is 0 Å². The molecular weight excluding hydrogens is 167 g/mol. The van der Waals surface area contributed by atoms with Gasteiger partial charge in [0.2, 0.25) is 0 Å². The minimum atomic E-state index is -0.311. The quantitative estimate of drug-likeness (QED) is 0.757. The van der Waals surface area contributed by atoms with Crippen LogP contribution in [0.25, 0.3) is 0 Å². The van der Waals surface area contributed by atoms with Crippen molar-refractivity contribution < 1.29 is 9.50 Å². The summed E-state index contributed by atoms with van der Waals surface area (Å²) in [5, 5.41) is 8.90. The van der Waals surface area contributed by atoms with Crippen molar-refractivity contribution in [2.24, 2.45) is 0 Å². The van der Waals surface area contributed by atoms with Crippen LogP contribution in [0.5, 0.6) is 0 Å². The molecule has 1 N–H and O–H groups in total. The van der Waals surface area contributed by atoms with Crippen LogP contribution in [0.1, 0.15) is 24.0 Å². The normalized spacial score (nSPS) is 12.8. The third kappa shape index (κ3) is 2.81. The minimum Gasteiger partial charge on any atom is -0.396 e. The minimum absolute atomic E-state index is 0.155.